The molecule has 0 amide bonds. The smallest absolute Gasteiger partial charge is 0.339 e. The Morgan fingerprint density at radius 2 is 1.85 bits per heavy atom. The van der Waals surface area contributed by atoms with Crippen molar-refractivity contribution in [1.29, 1.82) is 0 Å². The van der Waals surface area contributed by atoms with E-state index in [1.54, 1.807) is 30.8 Å². The van der Waals surface area contributed by atoms with Gasteiger partial charge in [-0.1, -0.05) is 12.1 Å². The maximum absolute atomic E-state index is 12.6. The fourth-order valence-corrected chi connectivity index (χ4v) is 4.24. The third-order valence-corrected chi connectivity index (χ3v) is 6.01. The van der Waals surface area contributed by atoms with Gasteiger partial charge >= 0.3 is 5.97 Å². The summed E-state index contributed by atoms with van der Waals surface area (Å²) in [6.07, 6.45) is 1.57. The lowest BCUT2D eigenvalue weighted by atomic mass is 10.2. The number of aromatic nitrogens is 5. The van der Waals surface area contributed by atoms with E-state index in [1.165, 1.54) is 0 Å². The highest BCUT2D eigenvalue weighted by Gasteiger charge is 2.22. The quantitative estimate of drug-likeness (QED) is 0.425. The van der Waals surface area contributed by atoms with E-state index in [2.05, 4.69) is 25.0 Å². The summed E-state index contributed by atoms with van der Waals surface area (Å²) in [6, 6.07) is 11.2. The maximum atomic E-state index is 12.6. The first kappa shape index (κ1) is 21.1. The number of carbonyl (C=O) groups is 1. The van der Waals surface area contributed by atoms with E-state index in [1.807, 2.05) is 34.7 Å². The Hall–Kier alpha value is -3.79. The summed E-state index contributed by atoms with van der Waals surface area (Å²) in [6.45, 7) is 6.04. The molecule has 1 aliphatic rings. The third-order valence-electron chi connectivity index (χ3n) is 6.01. The Morgan fingerprint density at radius 3 is 2.58 bits per heavy atom. The molecule has 1 aromatic carbocycles. The summed E-state index contributed by atoms with van der Waals surface area (Å²) in [7, 11) is 1.72. The van der Waals surface area contributed by atoms with Crippen molar-refractivity contribution in [3.63, 3.8) is 0 Å². The average molecular weight is 447 g/mol. The van der Waals surface area contributed by atoms with Crippen molar-refractivity contribution in [2.45, 2.75) is 13.5 Å². The highest BCUT2D eigenvalue weighted by atomic mass is 16.5. The molecule has 0 N–H and O–H groups in total. The average Bonchev–Trinajstić information content (AvgIpc) is 3.27. The van der Waals surface area contributed by atoms with Crippen LogP contribution >= 0.6 is 0 Å². The first-order valence-electron chi connectivity index (χ1n) is 11.0. The molecule has 4 heterocycles. The van der Waals surface area contributed by atoms with Crippen LogP contribution in [0.25, 0.3) is 16.7 Å². The summed E-state index contributed by atoms with van der Waals surface area (Å²) in [5.41, 5.74) is 1.20. The number of piperazine rings is 1. The Balaban J connectivity index is 1.31. The Labute approximate surface area is 190 Å². The molecule has 0 radical (unpaired) electrons. The summed E-state index contributed by atoms with van der Waals surface area (Å²) in [4.78, 5) is 33.4. The molecule has 0 atom stereocenters. The molecule has 5 rings (SSSR count). The van der Waals surface area contributed by atoms with Gasteiger partial charge in [-0.25, -0.2) is 9.78 Å². The minimum absolute atomic E-state index is 0.0767. The van der Waals surface area contributed by atoms with E-state index in [4.69, 9.17) is 4.74 Å². The molecule has 10 heteroatoms. The van der Waals surface area contributed by atoms with Gasteiger partial charge < -0.3 is 9.64 Å². The van der Waals surface area contributed by atoms with Crippen LogP contribution in [0.15, 0.2) is 47.4 Å². The van der Waals surface area contributed by atoms with Crippen LogP contribution in [0.1, 0.15) is 23.1 Å². The third kappa shape index (κ3) is 3.82. The number of pyridine rings is 1. The number of anilines is 1. The van der Waals surface area contributed by atoms with Crippen molar-refractivity contribution in [2.75, 3.05) is 37.7 Å². The number of benzene rings is 1. The normalized spacial score (nSPS) is 14.8. The first-order chi connectivity index (χ1) is 16.1. The van der Waals surface area contributed by atoms with Crippen LogP contribution in [0.2, 0.25) is 0 Å². The number of ether oxygens (including phenoxy) is 1. The zero-order valence-corrected chi connectivity index (χ0v) is 18.6. The number of fused-ring (bicyclic) bond motifs is 3. The van der Waals surface area contributed by atoms with E-state index in [9.17, 15) is 9.59 Å². The molecule has 4 aromatic rings. The van der Waals surface area contributed by atoms with Crippen molar-refractivity contribution in [3.8, 4) is 0 Å². The number of nitrogens with zero attached hydrogens (tertiary/aromatic N) is 7. The highest BCUT2D eigenvalue weighted by Crippen LogP contribution is 2.18. The van der Waals surface area contributed by atoms with Crippen molar-refractivity contribution in [3.05, 3.63) is 64.3 Å². The van der Waals surface area contributed by atoms with Crippen LogP contribution in [-0.4, -0.2) is 67.8 Å². The SMILES string of the molecule is CCOC(=O)c1ccc(N2CCN(Cc3nnc4n(C)c(=O)c5ccccc5n34)CC2)nc1. The second-order valence-electron chi connectivity index (χ2n) is 8.02. The van der Waals surface area contributed by atoms with Crippen LogP contribution in [-0.2, 0) is 18.3 Å². The molecular formula is C23H25N7O3. The minimum Gasteiger partial charge on any atom is -0.462 e. The van der Waals surface area contributed by atoms with Gasteiger partial charge in [0.2, 0.25) is 5.78 Å². The summed E-state index contributed by atoms with van der Waals surface area (Å²) < 4.78 is 8.53. The molecule has 170 valence electrons. The van der Waals surface area contributed by atoms with Gasteiger partial charge in [0.25, 0.3) is 5.56 Å². The number of rotatable bonds is 5. The molecule has 0 unspecified atom stereocenters. The van der Waals surface area contributed by atoms with Gasteiger partial charge in [0.1, 0.15) is 5.82 Å². The molecular weight excluding hydrogens is 422 g/mol. The van der Waals surface area contributed by atoms with E-state index >= 15 is 0 Å². The Bertz CT molecular complexity index is 1370. The lowest BCUT2D eigenvalue weighted by molar-refractivity contribution is 0.0526. The molecule has 3 aromatic heterocycles. The van der Waals surface area contributed by atoms with E-state index in [0.717, 1.165) is 43.3 Å². The fourth-order valence-electron chi connectivity index (χ4n) is 4.24. The molecule has 0 bridgehead atoms. The number of para-hydroxylation sites is 1. The summed E-state index contributed by atoms with van der Waals surface area (Å²) in [5.74, 6) is 1.84. The molecule has 1 aliphatic heterocycles. The van der Waals surface area contributed by atoms with Crippen molar-refractivity contribution < 1.29 is 9.53 Å². The molecule has 0 saturated carbocycles. The Morgan fingerprint density at radius 1 is 1.06 bits per heavy atom. The van der Waals surface area contributed by atoms with Crippen molar-refractivity contribution in [2.24, 2.45) is 7.05 Å². The second kappa shape index (κ2) is 8.62. The van der Waals surface area contributed by atoms with Crippen LogP contribution in [0.4, 0.5) is 5.82 Å². The van der Waals surface area contributed by atoms with Gasteiger partial charge in [0, 0.05) is 39.4 Å². The lowest BCUT2D eigenvalue weighted by Crippen LogP contribution is -2.46. The standard InChI is InChI=1S/C23H25N7O3/c1-3-33-22(32)16-8-9-19(24-14-16)29-12-10-28(11-13-29)15-20-25-26-23-27(2)21(31)17-6-4-5-7-18(17)30(20)23/h4-9,14H,3,10-13,15H2,1-2H3. The maximum Gasteiger partial charge on any atom is 0.339 e. The van der Waals surface area contributed by atoms with Crippen LogP contribution in [0.3, 0.4) is 0 Å². The lowest BCUT2D eigenvalue weighted by Gasteiger charge is -2.35. The number of hydrogen-bond donors (Lipinski definition) is 0. The van der Waals surface area contributed by atoms with Crippen LogP contribution in [0.5, 0.6) is 0 Å². The van der Waals surface area contributed by atoms with E-state index in [0.29, 0.717) is 29.9 Å². The van der Waals surface area contributed by atoms with E-state index < -0.39 is 0 Å². The zero-order valence-electron chi connectivity index (χ0n) is 18.6. The minimum atomic E-state index is -0.355. The molecule has 0 aliphatic carbocycles. The van der Waals surface area contributed by atoms with Crippen LogP contribution in [0, 0.1) is 0 Å². The monoisotopic (exact) mass is 447 g/mol. The van der Waals surface area contributed by atoms with Gasteiger partial charge in [0.05, 0.1) is 29.6 Å². The number of aryl methyl sites for hydroxylation is 1. The highest BCUT2D eigenvalue weighted by molar-refractivity contribution is 5.89. The predicted octanol–water partition coefficient (Wildman–Crippen LogP) is 1.48. The summed E-state index contributed by atoms with van der Waals surface area (Å²) in [5, 5.41) is 9.33. The van der Waals surface area contributed by atoms with E-state index in [-0.39, 0.29) is 11.5 Å². The van der Waals surface area contributed by atoms with Gasteiger partial charge in [-0.15, -0.1) is 10.2 Å². The topological polar surface area (TPSA) is 97.9 Å². The second-order valence-corrected chi connectivity index (χ2v) is 8.02. The molecule has 0 spiro atoms. The first-order valence-corrected chi connectivity index (χ1v) is 11.0. The van der Waals surface area contributed by atoms with Crippen molar-refractivity contribution in [1.82, 2.24) is 29.0 Å². The number of carbonyl (C=O) groups excluding carboxylic acids is 1. The largest absolute Gasteiger partial charge is 0.462 e. The Kier molecular flexibility index (Phi) is 5.51. The van der Waals surface area contributed by atoms with Crippen molar-refractivity contribution >= 4 is 28.5 Å². The summed E-state index contributed by atoms with van der Waals surface area (Å²) >= 11 is 0. The number of hydrogen-bond acceptors (Lipinski definition) is 8. The number of esters is 1. The van der Waals surface area contributed by atoms with Gasteiger partial charge in [-0.3, -0.25) is 18.7 Å². The molecule has 1 saturated heterocycles. The predicted molar refractivity (Wildman–Crippen MR) is 123 cm³/mol. The molecule has 1 fully saturated rings. The molecule has 33 heavy (non-hydrogen) atoms. The molecule has 10 nitrogen and oxygen atoms in total. The van der Waals surface area contributed by atoms with Gasteiger partial charge in [-0.05, 0) is 31.2 Å². The van der Waals surface area contributed by atoms with Gasteiger partial charge in [0.15, 0.2) is 5.82 Å². The van der Waals surface area contributed by atoms with Gasteiger partial charge in [-0.2, -0.15) is 0 Å². The van der Waals surface area contributed by atoms with Crippen LogP contribution < -0.4 is 10.5 Å². The fraction of sp³-hybridized carbons (Fsp3) is 0.348. The zero-order chi connectivity index (χ0) is 22.9.